The second-order valence-corrected chi connectivity index (χ2v) is 3.39. The van der Waals surface area contributed by atoms with Crippen LogP contribution >= 0.6 is 0 Å². The molecule has 0 aliphatic heterocycles. The summed E-state index contributed by atoms with van der Waals surface area (Å²) < 4.78 is 0. The largest absolute Gasteiger partial charge is 0.393 e. The molecule has 1 aromatic heterocycles. The number of rotatable bonds is 4. The lowest BCUT2D eigenvalue weighted by Crippen LogP contribution is -2.15. The summed E-state index contributed by atoms with van der Waals surface area (Å²) in [6.07, 6.45) is 3.54. The van der Waals surface area contributed by atoms with Gasteiger partial charge in [-0.3, -0.25) is 4.98 Å². The van der Waals surface area contributed by atoms with E-state index in [1.165, 1.54) is 0 Å². The van der Waals surface area contributed by atoms with Gasteiger partial charge in [0, 0.05) is 17.8 Å². The molecule has 72 valence electrons. The molecule has 0 bridgehead atoms. The molecule has 0 fully saturated rings. The van der Waals surface area contributed by atoms with E-state index in [-0.39, 0.29) is 12.0 Å². The Balaban J connectivity index is 2.76. The minimum atomic E-state index is -0.310. The van der Waals surface area contributed by atoms with Gasteiger partial charge in [0.25, 0.3) is 0 Å². The minimum Gasteiger partial charge on any atom is -0.393 e. The van der Waals surface area contributed by atoms with Crippen molar-refractivity contribution in [2.75, 3.05) is 0 Å². The Morgan fingerprint density at radius 3 is 2.69 bits per heavy atom. The van der Waals surface area contributed by atoms with E-state index in [4.69, 9.17) is 0 Å². The number of aliphatic hydroxyl groups excluding tert-OH is 1. The van der Waals surface area contributed by atoms with Crippen LogP contribution in [0.4, 0.5) is 0 Å². The van der Waals surface area contributed by atoms with Gasteiger partial charge in [0.2, 0.25) is 0 Å². The molecule has 2 nitrogen and oxygen atoms in total. The first-order valence-electron chi connectivity index (χ1n) is 4.84. The van der Waals surface area contributed by atoms with Gasteiger partial charge in [0.15, 0.2) is 0 Å². The van der Waals surface area contributed by atoms with Gasteiger partial charge in [-0.1, -0.05) is 19.4 Å². The van der Waals surface area contributed by atoms with E-state index in [0.29, 0.717) is 0 Å². The van der Waals surface area contributed by atoms with E-state index in [0.717, 1.165) is 18.5 Å². The summed E-state index contributed by atoms with van der Waals surface area (Å²) in [5.74, 6) is 0.186. The predicted molar refractivity (Wildman–Crippen MR) is 53.6 cm³/mol. The van der Waals surface area contributed by atoms with Gasteiger partial charge >= 0.3 is 0 Å². The van der Waals surface area contributed by atoms with Gasteiger partial charge in [-0.05, 0) is 25.5 Å². The number of hydrogen-bond donors (Lipinski definition) is 1. The van der Waals surface area contributed by atoms with E-state index in [9.17, 15) is 5.11 Å². The molecule has 1 unspecified atom stereocenters. The van der Waals surface area contributed by atoms with E-state index >= 15 is 0 Å². The first-order chi connectivity index (χ1) is 6.25. The highest BCUT2D eigenvalue weighted by Gasteiger charge is 2.16. The highest BCUT2D eigenvalue weighted by atomic mass is 16.3. The van der Waals surface area contributed by atoms with E-state index in [1.807, 2.05) is 25.1 Å². The van der Waals surface area contributed by atoms with Crippen molar-refractivity contribution in [3.63, 3.8) is 0 Å². The number of nitrogens with zero attached hydrogens (tertiary/aromatic N) is 1. The SMILES string of the molecule is CCC[C@H](c1ccccn1)C(C)O. The number of aromatic nitrogens is 1. The second kappa shape index (κ2) is 4.97. The molecule has 0 saturated heterocycles. The zero-order chi connectivity index (χ0) is 9.68. The smallest absolute Gasteiger partial charge is 0.0595 e. The molecule has 0 aliphatic rings. The van der Waals surface area contributed by atoms with Crippen molar-refractivity contribution in [3.8, 4) is 0 Å². The molecule has 0 saturated carbocycles. The fraction of sp³-hybridized carbons (Fsp3) is 0.545. The van der Waals surface area contributed by atoms with Crippen LogP contribution < -0.4 is 0 Å². The van der Waals surface area contributed by atoms with Crippen molar-refractivity contribution in [3.05, 3.63) is 30.1 Å². The summed E-state index contributed by atoms with van der Waals surface area (Å²) in [6, 6.07) is 5.84. The molecule has 13 heavy (non-hydrogen) atoms. The average molecular weight is 179 g/mol. The lowest BCUT2D eigenvalue weighted by molar-refractivity contribution is 0.155. The van der Waals surface area contributed by atoms with E-state index < -0.39 is 0 Å². The zero-order valence-electron chi connectivity index (χ0n) is 8.27. The van der Waals surface area contributed by atoms with Crippen molar-refractivity contribution in [1.29, 1.82) is 0 Å². The van der Waals surface area contributed by atoms with Gasteiger partial charge in [0.05, 0.1) is 6.10 Å². The molecule has 0 spiro atoms. The highest BCUT2D eigenvalue weighted by Crippen LogP contribution is 2.22. The lowest BCUT2D eigenvalue weighted by atomic mass is 9.94. The van der Waals surface area contributed by atoms with Gasteiger partial charge in [-0.15, -0.1) is 0 Å². The normalized spacial score (nSPS) is 15.3. The quantitative estimate of drug-likeness (QED) is 0.769. The van der Waals surface area contributed by atoms with Crippen LogP contribution in [0.5, 0.6) is 0 Å². The van der Waals surface area contributed by atoms with E-state index in [2.05, 4.69) is 11.9 Å². The van der Waals surface area contributed by atoms with Crippen LogP contribution in [0.25, 0.3) is 0 Å². The fourth-order valence-electron chi connectivity index (χ4n) is 1.54. The minimum absolute atomic E-state index is 0.186. The maximum absolute atomic E-state index is 9.56. The van der Waals surface area contributed by atoms with Gasteiger partial charge in [-0.25, -0.2) is 0 Å². The van der Waals surface area contributed by atoms with Crippen molar-refractivity contribution >= 4 is 0 Å². The molecule has 2 heteroatoms. The van der Waals surface area contributed by atoms with Crippen LogP contribution in [0, 0.1) is 0 Å². The van der Waals surface area contributed by atoms with Crippen LogP contribution in [-0.4, -0.2) is 16.2 Å². The molecule has 0 amide bonds. The Labute approximate surface area is 79.6 Å². The Morgan fingerprint density at radius 2 is 2.23 bits per heavy atom. The Morgan fingerprint density at radius 1 is 1.46 bits per heavy atom. The highest BCUT2D eigenvalue weighted by molar-refractivity contribution is 5.10. The number of aliphatic hydroxyl groups is 1. The molecule has 0 aliphatic carbocycles. The maximum atomic E-state index is 9.56. The molecular formula is C11H17NO. The van der Waals surface area contributed by atoms with Gasteiger partial charge in [-0.2, -0.15) is 0 Å². The third-order valence-corrected chi connectivity index (χ3v) is 2.25. The fourth-order valence-corrected chi connectivity index (χ4v) is 1.54. The summed E-state index contributed by atoms with van der Waals surface area (Å²) in [5.41, 5.74) is 0.999. The number of pyridine rings is 1. The summed E-state index contributed by atoms with van der Waals surface area (Å²) in [5, 5.41) is 9.56. The predicted octanol–water partition coefficient (Wildman–Crippen LogP) is 2.35. The molecular weight excluding hydrogens is 162 g/mol. The summed E-state index contributed by atoms with van der Waals surface area (Å²) in [7, 11) is 0. The Hall–Kier alpha value is -0.890. The molecule has 1 rings (SSSR count). The lowest BCUT2D eigenvalue weighted by Gasteiger charge is -2.18. The van der Waals surface area contributed by atoms with Crippen LogP contribution in [0.1, 0.15) is 38.3 Å². The Bertz CT molecular complexity index is 233. The Kier molecular flexibility index (Phi) is 3.90. The van der Waals surface area contributed by atoms with Gasteiger partial charge in [0.1, 0.15) is 0 Å². The molecule has 1 heterocycles. The standard InChI is InChI=1S/C11H17NO/c1-3-6-10(9(2)13)11-7-4-5-8-12-11/h4-5,7-10,13H,3,6H2,1-2H3/t9?,10-/m0/s1. The third kappa shape index (κ3) is 2.81. The van der Waals surface area contributed by atoms with Crippen LogP contribution in [0.3, 0.4) is 0 Å². The van der Waals surface area contributed by atoms with Crippen molar-refractivity contribution in [2.24, 2.45) is 0 Å². The summed E-state index contributed by atoms with van der Waals surface area (Å²) in [4.78, 5) is 4.26. The first kappa shape index (κ1) is 10.2. The van der Waals surface area contributed by atoms with Crippen LogP contribution in [0.15, 0.2) is 24.4 Å². The third-order valence-electron chi connectivity index (χ3n) is 2.25. The van der Waals surface area contributed by atoms with Crippen LogP contribution in [-0.2, 0) is 0 Å². The molecule has 2 atom stereocenters. The number of hydrogen-bond acceptors (Lipinski definition) is 2. The molecule has 1 N–H and O–H groups in total. The zero-order valence-corrected chi connectivity index (χ0v) is 8.27. The van der Waals surface area contributed by atoms with Crippen molar-refractivity contribution < 1.29 is 5.11 Å². The molecule has 1 aromatic rings. The van der Waals surface area contributed by atoms with Gasteiger partial charge < -0.3 is 5.11 Å². The van der Waals surface area contributed by atoms with E-state index in [1.54, 1.807) is 6.20 Å². The molecule has 0 aromatic carbocycles. The topological polar surface area (TPSA) is 33.1 Å². The monoisotopic (exact) mass is 179 g/mol. The summed E-state index contributed by atoms with van der Waals surface area (Å²) >= 11 is 0. The first-order valence-corrected chi connectivity index (χ1v) is 4.84. The summed E-state index contributed by atoms with van der Waals surface area (Å²) in [6.45, 7) is 3.95. The maximum Gasteiger partial charge on any atom is 0.0595 e. The van der Waals surface area contributed by atoms with Crippen molar-refractivity contribution in [1.82, 2.24) is 4.98 Å². The average Bonchev–Trinajstić information content (AvgIpc) is 2.15. The van der Waals surface area contributed by atoms with Crippen LogP contribution in [0.2, 0.25) is 0 Å². The second-order valence-electron chi connectivity index (χ2n) is 3.39. The molecule has 0 radical (unpaired) electrons. The van der Waals surface area contributed by atoms with Crippen molar-refractivity contribution in [2.45, 2.75) is 38.7 Å².